The Morgan fingerprint density at radius 1 is 1.44 bits per heavy atom. The van der Waals surface area contributed by atoms with E-state index >= 15 is 0 Å². The first-order valence-corrected chi connectivity index (χ1v) is 7.61. The van der Waals surface area contributed by atoms with Crippen LogP contribution in [-0.4, -0.2) is 42.6 Å². The van der Waals surface area contributed by atoms with Crippen LogP contribution < -0.4 is 10.6 Å². The molecule has 0 spiro atoms. The van der Waals surface area contributed by atoms with Gasteiger partial charge in [-0.3, -0.25) is 0 Å². The molecule has 5 heteroatoms. The zero-order chi connectivity index (χ0) is 13.1. The highest BCUT2D eigenvalue weighted by Gasteiger charge is 2.23. The Labute approximate surface area is 114 Å². The van der Waals surface area contributed by atoms with E-state index in [0.717, 1.165) is 32.5 Å². The first kappa shape index (κ1) is 13.8. The van der Waals surface area contributed by atoms with Gasteiger partial charge in [0.15, 0.2) is 5.13 Å². The maximum absolute atomic E-state index is 5.82. The zero-order valence-electron chi connectivity index (χ0n) is 11.6. The first-order valence-electron chi connectivity index (χ1n) is 6.79. The maximum Gasteiger partial charge on any atom is 0.185 e. The second-order valence-electron chi connectivity index (χ2n) is 5.10. The van der Waals surface area contributed by atoms with Gasteiger partial charge in [0, 0.05) is 37.1 Å². The number of nitrogens with zero attached hydrogens (tertiary/aromatic N) is 3. The van der Waals surface area contributed by atoms with Crippen molar-refractivity contribution in [2.24, 2.45) is 5.73 Å². The molecule has 0 aromatic carbocycles. The molecule has 0 saturated carbocycles. The molecule has 1 aliphatic rings. The molecule has 1 aromatic rings. The molecule has 0 amide bonds. The molecule has 1 unspecified atom stereocenters. The fourth-order valence-electron chi connectivity index (χ4n) is 2.32. The third-order valence-electron chi connectivity index (χ3n) is 3.67. The minimum absolute atomic E-state index is 0.596. The average molecular weight is 268 g/mol. The lowest BCUT2D eigenvalue weighted by Gasteiger charge is -2.37. The fraction of sp³-hybridized carbons (Fsp3) is 0.769. The van der Waals surface area contributed by atoms with Gasteiger partial charge in [-0.25, -0.2) is 4.98 Å². The quantitative estimate of drug-likeness (QED) is 0.903. The van der Waals surface area contributed by atoms with Crippen molar-refractivity contribution in [1.82, 2.24) is 9.88 Å². The lowest BCUT2D eigenvalue weighted by atomic mass is 10.2. The van der Waals surface area contributed by atoms with Gasteiger partial charge in [-0.15, -0.1) is 11.3 Å². The van der Waals surface area contributed by atoms with Gasteiger partial charge in [-0.05, 0) is 20.4 Å². The molecule has 0 aliphatic carbocycles. The molecule has 1 fully saturated rings. The number of hydrogen-bond donors (Lipinski definition) is 1. The Kier molecular flexibility index (Phi) is 4.59. The number of aryl methyl sites for hydroxylation is 1. The molecule has 0 bridgehead atoms. The summed E-state index contributed by atoms with van der Waals surface area (Å²) in [7, 11) is 2.19. The molecule has 0 radical (unpaired) electrons. The number of piperazine rings is 1. The number of hydrogen-bond acceptors (Lipinski definition) is 5. The van der Waals surface area contributed by atoms with E-state index in [1.807, 2.05) is 0 Å². The van der Waals surface area contributed by atoms with Gasteiger partial charge < -0.3 is 15.5 Å². The number of aromatic nitrogens is 1. The molecule has 2 heterocycles. The van der Waals surface area contributed by atoms with Crippen LogP contribution in [0.15, 0.2) is 0 Å². The summed E-state index contributed by atoms with van der Waals surface area (Å²) in [5, 5.41) is 1.17. The van der Waals surface area contributed by atoms with E-state index in [0.29, 0.717) is 12.6 Å². The standard InChI is InChI=1S/C13H24N4S/c1-4-5-11-12(8-14)18-13(15-11)17-7-6-16(3)10(2)9-17/h10H,4-9,14H2,1-3H3. The summed E-state index contributed by atoms with van der Waals surface area (Å²) < 4.78 is 0. The van der Waals surface area contributed by atoms with Crippen LogP contribution in [0.4, 0.5) is 5.13 Å². The number of thiazole rings is 1. The summed E-state index contributed by atoms with van der Waals surface area (Å²) in [6.07, 6.45) is 2.18. The van der Waals surface area contributed by atoms with E-state index in [1.54, 1.807) is 11.3 Å². The molecule has 102 valence electrons. The lowest BCUT2D eigenvalue weighted by Crippen LogP contribution is -2.50. The van der Waals surface area contributed by atoms with Crippen molar-refractivity contribution in [1.29, 1.82) is 0 Å². The summed E-state index contributed by atoms with van der Waals surface area (Å²) in [6, 6.07) is 0.596. The zero-order valence-corrected chi connectivity index (χ0v) is 12.5. The molecule has 4 nitrogen and oxygen atoms in total. The highest BCUT2D eigenvalue weighted by molar-refractivity contribution is 7.15. The molecular formula is C13H24N4S. The molecule has 2 N–H and O–H groups in total. The average Bonchev–Trinajstić information content (AvgIpc) is 2.76. The smallest absolute Gasteiger partial charge is 0.185 e. The Hall–Kier alpha value is -0.650. The van der Waals surface area contributed by atoms with Crippen molar-refractivity contribution in [3.63, 3.8) is 0 Å². The molecule has 2 rings (SSSR count). The second kappa shape index (κ2) is 5.99. The van der Waals surface area contributed by atoms with Gasteiger partial charge in [0.1, 0.15) is 0 Å². The van der Waals surface area contributed by atoms with Crippen LogP contribution in [0.25, 0.3) is 0 Å². The van der Waals surface area contributed by atoms with Crippen LogP contribution in [0.2, 0.25) is 0 Å². The Morgan fingerprint density at radius 3 is 2.83 bits per heavy atom. The van der Waals surface area contributed by atoms with E-state index in [9.17, 15) is 0 Å². The minimum atomic E-state index is 0.596. The van der Waals surface area contributed by atoms with E-state index in [4.69, 9.17) is 10.7 Å². The maximum atomic E-state index is 5.82. The summed E-state index contributed by atoms with van der Waals surface area (Å²) in [4.78, 5) is 10.9. The van der Waals surface area contributed by atoms with Crippen molar-refractivity contribution in [2.45, 2.75) is 39.3 Å². The van der Waals surface area contributed by atoms with Gasteiger partial charge in [0.05, 0.1) is 5.69 Å². The summed E-state index contributed by atoms with van der Waals surface area (Å²) in [6.45, 7) is 8.34. The van der Waals surface area contributed by atoms with Crippen LogP contribution in [0.1, 0.15) is 30.8 Å². The molecule has 1 atom stereocenters. The van der Waals surface area contributed by atoms with E-state index in [-0.39, 0.29) is 0 Å². The second-order valence-corrected chi connectivity index (χ2v) is 6.16. The van der Waals surface area contributed by atoms with Crippen LogP contribution >= 0.6 is 11.3 Å². The largest absolute Gasteiger partial charge is 0.345 e. The SMILES string of the molecule is CCCc1nc(N2CCN(C)C(C)C2)sc1CN. The number of anilines is 1. The third-order valence-corrected chi connectivity index (χ3v) is 4.85. The normalized spacial score (nSPS) is 21.6. The van der Waals surface area contributed by atoms with E-state index < -0.39 is 0 Å². The predicted octanol–water partition coefficient (Wildman–Crippen LogP) is 1.69. The predicted molar refractivity (Wildman–Crippen MR) is 78.3 cm³/mol. The highest BCUT2D eigenvalue weighted by Crippen LogP contribution is 2.28. The third kappa shape index (κ3) is 2.84. The van der Waals surface area contributed by atoms with Crippen molar-refractivity contribution >= 4 is 16.5 Å². The Morgan fingerprint density at radius 2 is 2.22 bits per heavy atom. The summed E-state index contributed by atoms with van der Waals surface area (Å²) in [5.41, 5.74) is 7.03. The highest BCUT2D eigenvalue weighted by atomic mass is 32.1. The molecular weight excluding hydrogens is 244 g/mol. The summed E-state index contributed by atoms with van der Waals surface area (Å²) in [5.74, 6) is 0. The van der Waals surface area contributed by atoms with Gasteiger partial charge in [0.2, 0.25) is 0 Å². The van der Waals surface area contributed by atoms with E-state index in [2.05, 4.69) is 30.7 Å². The fourth-order valence-corrected chi connectivity index (χ4v) is 3.34. The first-order chi connectivity index (χ1) is 8.65. The number of likely N-dealkylation sites (N-methyl/N-ethyl adjacent to an activating group) is 1. The van der Waals surface area contributed by atoms with Crippen molar-refractivity contribution < 1.29 is 0 Å². The van der Waals surface area contributed by atoms with Gasteiger partial charge in [-0.1, -0.05) is 13.3 Å². The van der Waals surface area contributed by atoms with Gasteiger partial charge in [-0.2, -0.15) is 0 Å². The topological polar surface area (TPSA) is 45.4 Å². The molecule has 1 saturated heterocycles. The lowest BCUT2D eigenvalue weighted by molar-refractivity contribution is 0.234. The number of rotatable bonds is 4. The minimum Gasteiger partial charge on any atom is -0.345 e. The van der Waals surface area contributed by atoms with Crippen molar-refractivity contribution in [3.05, 3.63) is 10.6 Å². The van der Waals surface area contributed by atoms with Crippen molar-refractivity contribution in [3.8, 4) is 0 Å². The van der Waals surface area contributed by atoms with Crippen LogP contribution in [-0.2, 0) is 13.0 Å². The Balaban J connectivity index is 2.13. The van der Waals surface area contributed by atoms with Crippen LogP contribution in [0.5, 0.6) is 0 Å². The summed E-state index contributed by atoms with van der Waals surface area (Å²) >= 11 is 1.78. The molecule has 1 aliphatic heterocycles. The van der Waals surface area contributed by atoms with Crippen molar-refractivity contribution in [2.75, 3.05) is 31.6 Å². The van der Waals surface area contributed by atoms with E-state index in [1.165, 1.54) is 15.7 Å². The van der Waals surface area contributed by atoms with Gasteiger partial charge >= 0.3 is 0 Å². The number of nitrogens with two attached hydrogens (primary N) is 1. The Bertz CT molecular complexity index is 390. The van der Waals surface area contributed by atoms with Crippen LogP contribution in [0, 0.1) is 0 Å². The monoisotopic (exact) mass is 268 g/mol. The van der Waals surface area contributed by atoms with Gasteiger partial charge in [0.25, 0.3) is 0 Å². The molecule has 1 aromatic heterocycles. The van der Waals surface area contributed by atoms with Crippen LogP contribution in [0.3, 0.4) is 0 Å². The molecule has 18 heavy (non-hydrogen) atoms.